The molecule has 1 aliphatic carbocycles. The van der Waals surface area contributed by atoms with Gasteiger partial charge in [0.2, 0.25) is 0 Å². The first kappa shape index (κ1) is 10.8. The summed E-state index contributed by atoms with van der Waals surface area (Å²) in [6, 6.07) is 9.99. The number of rotatable bonds is 3. The smallest absolute Gasteiger partial charge is 0.165 e. The van der Waals surface area contributed by atoms with E-state index in [4.69, 9.17) is 4.74 Å². The van der Waals surface area contributed by atoms with E-state index in [-0.39, 0.29) is 0 Å². The van der Waals surface area contributed by atoms with Crippen LogP contribution in [0.2, 0.25) is 0 Å². The maximum absolute atomic E-state index is 5.75. The number of hydrogen-bond donors (Lipinski definition) is 0. The lowest BCUT2D eigenvalue weighted by Gasteiger charge is -2.06. The van der Waals surface area contributed by atoms with E-state index in [0.29, 0.717) is 0 Å². The molecule has 0 unspecified atom stereocenters. The van der Waals surface area contributed by atoms with Crippen LogP contribution in [0.25, 0.3) is 5.69 Å². The second-order valence-corrected chi connectivity index (χ2v) is 4.14. The Morgan fingerprint density at radius 2 is 2.00 bits per heavy atom. The lowest BCUT2D eigenvalue weighted by atomic mass is 10.2. The van der Waals surface area contributed by atoms with Crippen LogP contribution < -0.4 is 4.74 Å². The van der Waals surface area contributed by atoms with Crippen LogP contribution in [0.4, 0.5) is 0 Å². The van der Waals surface area contributed by atoms with E-state index in [0.717, 1.165) is 30.0 Å². The number of nitrogens with zero attached hydrogens (tertiary/aromatic N) is 2. The molecule has 0 fully saturated rings. The minimum absolute atomic E-state index is 0.761. The first-order valence-corrected chi connectivity index (χ1v) is 6.06. The number of aromatic nitrogens is 2. The molecule has 3 rings (SSSR count). The predicted octanol–water partition coefficient (Wildman–Crippen LogP) is 3.49. The quantitative estimate of drug-likeness (QED) is 0.818. The summed E-state index contributed by atoms with van der Waals surface area (Å²) < 4.78 is 7.56. The highest BCUT2D eigenvalue weighted by molar-refractivity contribution is 5.33. The van der Waals surface area contributed by atoms with Gasteiger partial charge in [0.05, 0.1) is 18.1 Å². The maximum Gasteiger partial charge on any atom is 0.165 e. The third-order valence-electron chi connectivity index (χ3n) is 2.78. The number of allylic oxidation sites excluding steroid dienone is 3. The Hall–Kier alpha value is -2.29. The highest BCUT2D eigenvalue weighted by Crippen LogP contribution is 2.18. The zero-order valence-corrected chi connectivity index (χ0v) is 9.99. The standard InChI is InChI=1S/C15H14N2O/c1-3-7-13(8-4-1)17-12-15(11-16-17)18-14-9-5-2-6-10-14/h1,3-5,7-12H,2,6H2. The summed E-state index contributed by atoms with van der Waals surface area (Å²) >= 11 is 0. The first-order chi connectivity index (χ1) is 8.92. The average molecular weight is 238 g/mol. The zero-order valence-electron chi connectivity index (χ0n) is 9.99. The van der Waals surface area contributed by atoms with Gasteiger partial charge in [0.25, 0.3) is 0 Å². The van der Waals surface area contributed by atoms with Crippen molar-refractivity contribution in [3.63, 3.8) is 0 Å². The fraction of sp³-hybridized carbons (Fsp3) is 0.133. The number of hydrogen-bond acceptors (Lipinski definition) is 2. The molecule has 3 heteroatoms. The average Bonchev–Trinajstić information content (AvgIpc) is 2.89. The summed E-state index contributed by atoms with van der Waals surface area (Å²) in [6.07, 6.45) is 12.0. The Balaban J connectivity index is 1.78. The van der Waals surface area contributed by atoms with Crippen LogP contribution in [0.1, 0.15) is 12.8 Å². The molecule has 0 aliphatic heterocycles. The van der Waals surface area contributed by atoms with Crippen molar-refractivity contribution in [3.05, 3.63) is 66.7 Å². The molecule has 1 aromatic carbocycles. The second-order valence-electron chi connectivity index (χ2n) is 4.14. The second kappa shape index (κ2) is 4.92. The molecule has 2 aromatic rings. The van der Waals surface area contributed by atoms with Crippen LogP contribution in [-0.2, 0) is 0 Å². The van der Waals surface area contributed by atoms with Gasteiger partial charge < -0.3 is 4.74 Å². The number of benzene rings is 1. The molecule has 1 heterocycles. The minimum atomic E-state index is 0.761. The maximum atomic E-state index is 5.75. The summed E-state index contributed by atoms with van der Waals surface area (Å²) in [7, 11) is 0. The van der Waals surface area contributed by atoms with Gasteiger partial charge in [-0.1, -0.05) is 24.3 Å². The Labute approximate surface area is 106 Å². The molecule has 3 nitrogen and oxygen atoms in total. The van der Waals surface area contributed by atoms with E-state index in [1.165, 1.54) is 0 Å². The zero-order chi connectivity index (χ0) is 12.2. The molecule has 0 saturated heterocycles. The molecule has 1 aromatic heterocycles. The predicted molar refractivity (Wildman–Crippen MR) is 70.6 cm³/mol. The normalized spacial score (nSPS) is 14.3. The third kappa shape index (κ3) is 2.35. The highest BCUT2D eigenvalue weighted by Gasteiger charge is 2.04. The Morgan fingerprint density at radius 1 is 1.11 bits per heavy atom. The molecule has 0 amide bonds. The van der Waals surface area contributed by atoms with E-state index in [2.05, 4.69) is 17.3 Å². The van der Waals surface area contributed by atoms with Crippen LogP contribution in [0, 0.1) is 0 Å². The summed E-state index contributed by atoms with van der Waals surface area (Å²) in [4.78, 5) is 0. The molecule has 0 spiro atoms. The van der Waals surface area contributed by atoms with Crippen LogP contribution >= 0.6 is 0 Å². The van der Waals surface area contributed by atoms with Gasteiger partial charge in [0.15, 0.2) is 5.75 Å². The van der Waals surface area contributed by atoms with Gasteiger partial charge in [-0.15, -0.1) is 0 Å². The van der Waals surface area contributed by atoms with Crippen molar-refractivity contribution in [1.29, 1.82) is 0 Å². The van der Waals surface area contributed by atoms with Crippen molar-refractivity contribution in [1.82, 2.24) is 9.78 Å². The van der Waals surface area contributed by atoms with E-state index in [1.54, 1.807) is 6.20 Å². The van der Waals surface area contributed by atoms with Crippen molar-refractivity contribution in [2.45, 2.75) is 12.8 Å². The highest BCUT2D eigenvalue weighted by atomic mass is 16.5. The van der Waals surface area contributed by atoms with Gasteiger partial charge in [-0.05, 0) is 37.1 Å². The largest absolute Gasteiger partial charge is 0.454 e. The van der Waals surface area contributed by atoms with Crippen molar-refractivity contribution >= 4 is 0 Å². The molecule has 1 aliphatic rings. The molecule has 0 N–H and O–H groups in total. The van der Waals surface area contributed by atoms with Crippen LogP contribution in [0.3, 0.4) is 0 Å². The molecule has 0 bridgehead atoms. The van der Waals surface area contributed by atoms with E-state index >= 15 is 0 Å². The van der Waals surface area contributed by atoms with Gasteiger partial charge >= 0.3 is 0 Å². The molecule has 0 radical (unpaired) electrons. The van der Waals surface area contributed by atoms with E-state index < -0.39 is 0 Å². The van der Waals surface area contributed by atoms with Gasteiger partial charge in [0, 0.05) is 0 Å². The minimum Gasteiger partial charge on any atom is -0.454 e. The summed E-state index contributed by atoms with van der Waals surface area (Å²) in [5, 5.41) is 4.29. The molecular formula is C15H14N2O. The Kier molecular flexibility index (Phi) is 2.96. The SMILES string of the molecule is C1=CC(Oc2cnn(-c3ccccc3)c2)=CCC1. The van der Waals surface area contributed by atoms with Gasteiger partial charge in [-0.3, -0.25) is 0 Å². The number of ether oxygens (including phenoxy) is 1. The fourth-order valence-electron chi connectivity index (χ4n) is 1.88. The van der Waals surface area contributed by atoms with Crippen molar-refractivity contribution in [2.24, 2.45) is 0 Å². The fourth-order valence-corrected chi connectivity index (χ4v) is 1.88. The van der Waals surface area contributed by atoms with Gasteiger partial charge in [-0.2, -0.15) is 5.10 Å². The lowest BCUT2D eigenvalue weighted by molar-refractivity contribution is 0.439. The van der Waals surface area contributed by atoms with E-state index in [1.807, 2.05) is 47.3 Å². The first-order valence-electron chi connectivity index (χ1n) is 6.06. The number of para-hydroxylation sites is 1. The summed E-state index contributed by atoms with van der Waals surface area (Å²) in [5.74, 6) is 1.66. The summed E-state index contributed by atoms with van der Waals surface area (Å²) in [5.41, 5.74) is 1.03. The Morgan fingerprint density at radius 3 is 2.78 bits per heavy atom. The molecule has 90 valence electrons. The van der Waals surface area contributed by atoms with Crippen LogP contribution in [0.5, 0.6) is 5.75 Å². The molecule has 18 heavy (non-hydrogen) atoms. The molecule has 0 saturated carbocycles. The lowest BCUT2D eigenvalue weighted by Crippen LogP contribution is -1.95. The van der Waals surface area contributed by atoms with Crippen molar-refractivity contribution in [3.8, 4) is 11.4 Å². The van der Waals surface area contributed by atoms with Crippen molar-refractivity contribution < 1.29 is 4.74 Å². The Bertz CT molecular complexity index is 582. The van der Waals surface area contributed by atoms with Gasteiger partial charge in [0.1, 0.15) is 5.76 Å². The van der Waals surface area contributed by atoms with Crippen LogP contribution in [-0.4, -0.2) is 9.78 Å². The topological polar surface area (TPSA) is 27.1 Å². The van der Waals surface area contributed by atoms with Crippen LogP contribution in [0.15, 0.2) is 66.7 Å². The van der Waals surface area contributed by atoms with E-state index in [9.17, 15) is 0 Å². The third-order valence-corrected chi connectivity index (χ3v) is 2.78. The molecule has 0 atom stereocenters. The summed E-state index contributed by atoms with van der Waals surface area (Å²) in [6.45, 7) is 0. The molecular weight excluding hydrogens is 224 g/mol. The van der Waals surface area contributed by atoms with Crippen molar-refractivity contribution in [2.75, 3.05) is 0 Å². The van der Waals surface area contributed by atoms with Gasteiger partial charge in [-0.25, -0.2) is 4.68 Å². The monoisotopic (exact) mass is 238 g/mol.